The number of nitrogens with one attached hydrogen (secondary N) is 2. The number of fused-ring (bicyclic) bond motifs is 1. The van der Waals surface area contributed by atoms with E-state index in [0.29, 0.717) is 22.9 Å². The van der Waals surface area contributed by atoms with E-state index in [1.54, 1.807) is 36.4 Å². The van der Waals surface area contributed by atoms with Gasteiger partial charge in [-0.25, -0.2) is 0 Å². The van der Waals surface area contributed by atoms with Crippen LogP contribution >= 0.6 is 0 Å². The summed E-state index contributed by atoms with van der Waals surface area (Å²) in [5.74, 6) is 0.698. The van der Waals surface area contributed by atoms with Crippen LogP contribution in [-0.2, 0) is 9.59 Å². The van der Waals surface area contributed by atoms with Crippen molar-refractivity contribution in [3.8, 4) is 11.5 Å². The number of carbonyl (C=O) groups is 2. The van der Waals surface area contributed by atoms with E-state index in [-0.39, 0.29) is 18.4 Å². The molecule has 0 bridgehead atoms. The van der Waals surface area contributed by atoms with Gasteiger partial charge in [0.15, 0.2) is 11.5 Å². The molecule has 0 fully saturated rings. The van der Waals surface area contributed by atoms with Gasteiger partial charge in [-0.2, -0.15) is 0 Å². The number of hydrogen-bond acceptors (Lipinski definition) is 4. The maximum atomic E-state index is 12.3. The molecule has 6 heteroatoms. The van der Waals surface area contributed by atoms with Gasteiger partial charge in [0.25, 0.3) is 5.91 Å². The second-order valence-electron chi connectivity index (χ2n) is 5.12. The second-order valence-corrected chi connectivity index (χ2v) is 5.12. The Hall–Kier alpha value is -3.02. The first-order valence-electron chi connectivity index (χ1n) is 7.19. The molecular formula is C17H16N2O4. The molecule has 3 rings (SSSR count). The number of carbonyl (C=O) groups excluding carboxylic acids is 2. The van der Waals surface area contributed by atoms with Crippen molar-refractivity contribution < 1.29 is 19.1 Å². The van der Waals surface area contributed by atoms with Crippen LogP contribution in [0.3, 0.4) is 0 Å². The molecule has 0 spiro atoms. The number of hydrogen-bond donors (Lipinski definition) is 2. The monoisotopic (exact) mass is 312 g/mol. The van der Waals surface area contributed by atoms with Crippen molar-refractivity contribution in [2.45, 2.75) is 13.0 Å². The average Bonchev–Trinajstić information content (AvgIpc) is 2.54. The molecule has 2 aromatic rings. The zero-order valence-corrected chi connectivity index (χ0v) is 12.5. The van der Waals surface area contributed by atoms with Crippen LogP contribution in [0.5, 0.6) is 11.5 Å². The van der Waals surface area contributed by atoms with Crippen LogP contribution < -0.4 is 20.1 Å². The van der Waals surface area contributed by atoms with Crippen LogP contribution in [-0.4, -0.2) is 24.5 Å². The average molecular weight is 312 g/mol. The molecule has 0 unspecified atom stereocenters. The van der Waals surface area contributed by atoms with Crippen LogP contribution in [0, 0.1) is 0 Å². The molecule has 1 aliphatic rings. The molecule has 6 nitrogen and oxygen atoms in total. The zero-order chi connectivity index (χ0) is 16.2. The number of rotatable bonds is 3. The van der Waals surface area contributed by atoms with Gasteiger partial charge >= 0.3 is 0 Å². The Balaban J connectivity index is 1.67. The normalized spacial score (nSPS) is 15.6. The molecule has 2 amide bonds. The van der Waals surface area contributed by atoms with E-state index in [4.69, 9.17) is 9.47 Å². The second kappa shape index (κ2) is 6.39. The molecule has 2 N–H and O–H groups in total. The van der Waals surface area contributed by atoms with E-state index >= 15 is 0 Å². The van der Waals surface area contributed by atoms with Crippen molar-refractivity contribution in [2.75, 3.05) is 17.2 Å². The van der Waals surface area contributed by atoms with Gasteiger partial charge in [-0.3, -0.25) is 9.59 Å². The van der Waals surface area contributed by atoms with Crippen molar-refractivity contribution in [3.63, 3.8) is 0 Å². The first-order chi connectivity index (χ1) is 11.1. The summed E-state index contributed by atoms with van der Waals surface area (Å²) in [6.07, 6.45) is -0.727. The molecule has 1 aliphatic heterocycles. The van der Waals surface area contributed by atoms with Gasteiger partial charge in [0, 0.05) is 18.3 Å². The molecule has 0 radical (unpaired) electrons. The van der Waals surface area contributed by atoms with E-state index in [0.717, 1.165) is 0 Å². The Morgan fingerprint density at radius 3 is 2.43 bits per heavy atom. The molecule has 0 saturated carbocycles. The molecule has 0 aliphatic carbocycles. The quantitative estimate of drug-likeness (QED) is 0.912. The molecule has 118 valence electrons. The number of para-hydroxylation sites is 2. The van der Waals surface area contributed by atoms with E-state index in [1.165, 1.54) is 6.92 Å². The fourth-order valence-electron chi connectivity index (χ4n) is 2.25. The van der Waals surface area contributed by atoms with Crippen LogP contribution in [0.25, 0.3) is 0 Å². The lowest BCUT2D eigenvalue weighted by Gasteiger charge is -2.25. The topological polar surface area (TPSA) is 76.7 Å². The number of benzene rings is 2. The van der Waals surface area contributed by atoms with Gasteiger partial charge in [-0.15, -0.1) is 0 Å². The van der Waals surface area contributed by atoms with Crippen molar-refractivity contribution in [3.05, 3.63) is 48.5 Å². The van der Waals surface area contributed by atoms with Crippen LogP contribution in [0.2, 0.25) is 0 Å². The Morgan fingerprint density at radius 2 is 1.70 bits per heavy atom. The fourth-order valence-corrected chi connectivity index (χ4v) is 2.25. The van der Waals surface area contributed by atoms with Crippen molar-refractivity contribution >= 4 is 23.2 Å². The number of ether oxygens (including phenoxy) is 2. The summed E-state index contributed by atoms with van der Waals surface area (Å²) in [6, 6.07) is 14.1. The van der Waals surface area contributed by atoms with Gasteiger partial charge in [0.1, 0.15) is 6.61 Å². The molecule has 1 heterocycles. The lowest BCUT2D eigenvalue weighted by molar-refractivity contribution is -0.125. The molecule has 2 aromatic carbocycles. The van der Waals surface area contributed by atoms with Gasteiger partial charge in [0.05, 0.1) is 0 Å². The standard InChI is InChI=1S/C17H16N2O4/c1-11(20)18-12-5-4-6-13(9-12)19-17(21)16-10-22-14-7-2-3-8-15(14)23-16/h2-9,16H,10H2,1H3,(H,18,20)(H,19,21)/t16-/m1/s1. The molecule has 0 aromatic heterocycles. The predicted octanol–water partition coefficient (Wildman–Crippen LogP) is 2.42. The van der Waals surface area contributed by atoms with Gasteiger partial charge < -0.3 is 20.1 Å². The maximum Gasteiger partial charge on any atom is 0.269 e. The summed E-state index contributed by atoms with van der Waals surface area (Å²) in [7, 11) is 0. The third-order valence-electron chi connectivity index (χ3n) is 3.25. The summed E-state index contributed by atoms with van der Waals surface area (Å²) in [5.41, 5.74) is 1.19. The van der Waals surface area contributed by atoms with E-state index in [9.17, 15) is 9.59 Å². The highest BCUT2D eigenvalue weighted by Crippen LogP contribution is 2.31. The highest BCUT2D eigenvalue weighted by atomic mass is 16.6. The van der Waals surface area contributed by atoms with Gasteiger partial charge in [-0.05, 0) is 30.3 Å². The summed E-state index contributed by atoms with van der Waals surface area (Å²) >= 11 is 0. The fraction of sp³-hybridized carbons (Fsp3) is 0.176. The van der Waals surface area contributed by atoms with Crippen molar-refractivity contribution in [1.29, 1.82) is 0 Å². The minimum atomic E-state index is -0.727. The van der Waals surface area contributed by atoms with E-state index in [2.05, 4.69) is 10.6 Å². The largest absolute Gasteiger partial charge is 0.485 e. The van der Waals surface area contributed by atoms with Crippen LogP contribution in [0.1, 0.15) is 6.92 Å². The Bertz CT molecular complexity index is 745. The third-order valence-corrected chi connectivity index (χ3v) is 3.25. The van der Waals surface area contributed by atoms with E-state index in [1.807, 2.05) is 12.1 Å². The minimum absolute atomic E-state index is 0.147. The predicted molar refractivity (Wildman–Crippen MR) is 85.7 cm³/mol. The highest BCUT2D eigenvalue weighted by Gasteiger charge is 2.27. The van der Waals surface area contributed by atoms with Crippen LogP contribution in [0.15, 0.2) is 48.5 Å². The number of anilines is 2. The van der Waals surface area contributed by atoms with Crippen molar-refractivity contribution in [1.82, 2.24) is 0 Å². The first kappa shape index (κ1) is 14.9. The first-order valence-corrected chi connectivity index (χ1v) is 7.19. The van der Waals surface area contributed by atoms with E-state index < -0.39 is 6.10 Å². The molecular weight excluding hydrogens is 296 g/mol. The smallest absolute Gasteiger partial charge is 0.269 e. The Kier molecular flexibility index (Phi) is 4.14. The summed E-state index contributed by atoms with van der Waals surface area (Å²) in [6.45, 7) is 1.57. The highest BCUT2D eigenvalue weighted by molar-refractivity contribution is 5.96. The van der Waals surface area contributed by atoms with Crippen LogP contribution in [0.4, 0.5) is 11.4 Å². The van der Waals surface area contributed by atoms with Crippen molar-refractivity contribution in [2.24, 2.45) is 0 Å². The van der Waals surface area contributed by atoms with Gasteiger partial charge in [0.2, 0.25) is 12.0 Å². The number of amides is 2. The van der Waals surface area contributed by atoms with Gasteiger partial charge in [-0.1, -0.05) is 18.2 Å². The molecule has 1 atom stereocenters. The lowest BCUT2D eigenvalue weighted by Crippen LogP contribution is -2.40. The zero-order valence-electron chi connectivity index (χ0n) is 12.5. The lowest BCUT2D eigenvalue weighted by atomic mass is 10.2. The third kappa shape index (κ3) is 3.60. The Morgan fingerprint density at radius 1 is 1.00 bits per heavy atom. The maximum absolute atomic E-state index is 12.3. The summed E-state index contributed by atoms with van der Waals surface area (Å²) in [5, 5.41) is 5.43. The summed E-state index contributed by atoms with van der Waals surface area (Å²) < 4.78 is 11.2. The molecule has 0 saturated heterocycles. The minimum Gasteiger partial charge on any atom is -0.485 e. The summed E-state index contributed by atoms with van der Waals surface area (Å²) in [4.78, 5) is 23.4. The Labute approximate surface area is 133 Å². The molecule has 23 heavy (non-hydrogen) atoms. The SMILES string of the molecule is CC(=O)Nc1cccc(NC(=O)[C@H]2COc3ccccc3O2)c1.